The van der Waals surface area contributed by atoms with Crippen molar-refractivity contribution in [2.75, 3.05) is 5.32 Å². The molecule has 1 unspecified atom stereocenters. The first-order valence-corrected chi connectivity index (χ1v) is 5.91. The molecule has 3 N–H and O–H groups in total. The molecule has 6 heteroatoms. The summed E-state index contributed by atoms with van der Waals surface area (Å²) in [5, 5.41) is 13.7. The Bertz CT molecular complexity index is 489. The Morgan fingerprint density at radius 1 is 1.26 bits per heavy atom. The van der Waals surface area contributed by atoms with Gasteiger partial charge in [0.15, 0.2) is 0 Å². The van der Waals surface area contributed by atoms with Crippen molar-refractivity contribution in [3.8, 4) is 0 Å². The van der Waals surface area contributed by atoms with Gasteiger partial charge in [-0.15, -0.1) is 0 Å². The second-order valence-electron chi connectivity index (χ2n) is 4.63. The summed E-state index contributed by atoms with van der Waals surface area (Å²) in [5.74, 6) is -1.63. The molecule has 19 heavy (non-hydrogen) atoms. The van der Waals surface area contributed by atoms with Crippen LogP contribution in [-0.4, -0.2) is 23.1 Å². The Morgan fingerprint density at radius 3 is 2.42 bits per heavy atom. The number of nitrogens with one attached hydrogen (secondary N) is 2. The lowest BCUT2D eigenvalue weighted by molar-refractivity contribution is 0.0697. The van der Waals surface area contributed by atoms with E-state index in [0.29, 0.717) is 0 Å². The zero-order valence-corrected chi connectivity index (χ0v) is 11.0. The molecular formula is C13H17FN2O3. The highest BCUT2D eigenvalue weighted by Crippen LogP contribution is 2.16. The number of anilines is 1. The summed E-state index contributed by atoms with van der Waals surface area (Å²) in [7, 11) is 0. The van der Waals surface area contributed by atoms with Gasteiger partial charge in [-0.25, -0.2) is 14.0 Å². The number of rotatable bonds is 4. The van der Waals surface area contributed by atoms with Gasteiger partial charge in [-0.2, -0.15) is 0 Å². The second kappa shape index (κ2) is 6.17. The number of halogens is 1. The monoisotopic (exact) mass is 268 g/mol. The van der Waals surface area contributed by atoms with Crippen LogP contribution in [0.1, 0.15) is 31.1 Å². The summed E-state index contributed by atoms with van der Waals surface area (Å²) >= 11 is 0. The number of amides is 2. The van der Waals surface area contributed by atoms with Gasteiger partial charge in [0.2, 0.25) is 0 Å². The minimum absolute atomic E-state index is 0.0780. The molecule has 0 bridgehead atoms. The van der Waals surface area contributed by atoms with Crippen molar-refractivity contribution in [2.24, 2.45) is 5.92 Å². The lowest BCUT2D eigenvalue weighted by Crippen LogP contribution is -2.39. The molecule has 1 aromatic carbocycles. The molecule has 1 rings (SSSR count). The zero-order valence-electron chi connectivity index (χ0n) is 11.0. The molecule has 5 nitrogen and oxygen atoms in total. The molecular weight excluding hydrogens is 251 g/mol. The van der Waals surface area contributed by atoms with Crippen molar-refractivity contribution in [1.82, 2.24) is 5.32 Å². The average molecular weight is 268 g/mol. The molecule has 0 heterocycles. The van der Waals surface area contributed by atoms with Gasteiger partial charge in [-0.1, -0.05) is 13.8 Å². The standard InChI is InChI=1S/C13H17FN2O3/c1-7(2)8(3)15-13(19)16-11-6-9(12(17)18)4-5-10(11)14/h4-8H,1-3H3,(H,17,18)(H2,15,16,19). The summed E-state index contributed by atoms with van der Waals surface area (Å²) in [6.45, 7) is 5.71. The highest BCUT2D eigenvalue weighted by atomic mass is 19.1. The van der Waals surface area contributed by atoms with Crippen LogP contribution >= 0.6 is 0 Å². The largest absolute Gasteiger partial charge is 0.478 e. The van der Waals surface area contributed by atoms with E-state index >= 15 is 0 Å². The van der Waals surface area contributed by atoms with Crippen molar-refractivity contribution in [2.45, 2.75) is 26.8 Å². The van der Waals surface area contributed by atoms with E-state index in [1.165, 1.54) is 0 Å². The first-order valence-electron chi connectivity index (χ1n) is 5.91. The van der Waals surface area contributed by atoms with Gasteiger partial charge in [0.25, 0.3) is 0 Å². The number of carboxylic acids is 1. The molecule has 0 radical (unpaired) electrons. The Hall–Kier alpha value is -2.11. The number of carboxylic acid groups (broad SMARTS) is 1. The quantitative estimate of drug-likeness (QED) is 0.785. The van der Waals surface area contributed by atoms with E-state index in [1.807, 2.05) is 20.8 Å². The van der Waals surface area contributed by atoms with Crippen molar-refractivity contribution in [3.05, 3.63) is 29.6 Å². The summed E-state index contributed by atoms with van der Waals surface area (Å²) < 4.78 is 13.5. The van der Waals surface area contributed by atoms with Crippen LogP contribution in [0.15, 0.2) is 18.2 Å². The molecule has 1 aromatic rings. The van der Waals surface area contributed by atoms with E-state index in [-0.39, 0.29) is 23.2 Å². The Kier molecular flexibility index (Phi) is 4.86. The first kappa shape index (κ1) is 14.9. The van der Waals surface area contributed by atoms with Gasteiger partial charge in [0, 0.05) is 6.04 Å². The Labute approximate surface area is 110 Å². The smallest absolute Gasteiger partial charge is 0.335 e. The number of carbonyl (C=O) groups is 2. The van der Waals surface area contributed by atoms with E-state index in [2.05, 4.69) is 10.6 Å². The van der Waals surface area contributed by atoms with E-state index in [4.69, 9.17) is 5.11 Å². The SMILES string of the molecule is CC(C)C(C)NC(=O)Nc1cc(C(=O)O)ccc1F. The predicted octanol–water partition coefficient (Wildman–Crippen LogP) is 2.69. The van der Waals surface area contributed by atoms with Crippen LogP contribution in [0, 0.1) is 11.7 Å². The number of hydrogen-bond donors (Lipinski definition) is 3. The van der Waals surface area contributed by atoms with Gasteiger partial charge < -0.3 is 15.7 Å². The van der Waals surface area contributed by atoms with Crippen LogP contribution in [0.25, 0.3) is 0 Å². The lowest BCUT2D eigenvalue weighted by Gasteiger charge is -2.18. The third kappa shape index (κ3) is 4.24. The lowest BCUT2D eigenvalue weighted by atomic mass is 10.1. The molecule has 0 aliphatic carbocycles. The topological polar surface area (TPSA) is 78.4 Å². The number of benzene rings is 1. The molecule has 0 aliphatic heterocycles. The van der Waals surface area contributed by atoms with Gasteiger partial charge >= 0.3 is 12.0 Å². The first-order chi connectivity index (χ1) is 8.81. The molecule has 0 saturated heterocycles. The number of aromatic carboxylic acids is 1. The summed E-state index contributed by atoms with van der Waals surface area (Å²) in [5.41, 5.74) is -0.248. The minimum atomic E-state index is -1.18. The Balaban J connectivity index is 2.79. The number of hydrogen-bond acceptors (Lipinski definition) is 2. The number of carbonyl (C=O) groups excluding carboxylic acids is 1. The van der Waals surface area contributed by atoms with E-state index in [1.54, 1.807) is 0 Å². The molecule has 2 amide bonds. The molecule has 0 fully saturated rings. The third-order valence-electron chi connectivity index (χ3n) is 2.82. The van der Waals surface area contributed by atoms with Crippen LogP contribution in [0.5, 0.6) is 0 Å². The highest BCUT2D eigenvalue weighted by molar-refractivity contribution is 5.93. The van der Waals surface area contributed by atoms with E-state index in [0.717, 1.165) is 18.2 Å². The minimum Gasteiger partial charge on any atom is -0.478 e. The average Bonchev–Trinajstić information content (AvgIpc) is 2.31. The summed E-state index contributed by atoms with van der Waals surface area (Å²) in [6, 6.07) is 2.58. The van der Waals surface area contributed by atoms with Crippen molar-refractivity contribution in [3.63, 3.8) is 0 Å². The van der Waals surface area contributed by atoms with Gasteiger partial charge in [-0.3, -0.25) is 0 Å². The van der Waals surface area contributed by atoms with Crippen molar-refractivity contribution in [1.29, 1.82) is 0 Å². The molecule has 0 aliphatic rings. The maximum absolute atomic E-state index is 13.5. The fourth-order valence-corrected chi connectivity index (χ4v) is 1.29. The van der Waals surface area contributed by atoms with Crippen molar-refractivity contribution < 1.29 is 19.1 Å². The molecule has 0 saturated carbocycles. The fourth-order valence-electron chi connectivity index (χ4n) is 1.29. The summed E-state index contributed by atoms with van der Waals surface area (Å²) in [6.07, 6.45) is 0. The number of urea groups is 1. The van der Waals surface area contributed by atoms with Gasteiger partial charge in [0.1, 0.15) is 5.82 Å². The zero-order chi connectivity index (χ0) is 14.6. The van der Waals surface area contributed by atoms with Gasteiger partial charge in [0.05, 0.1) is 11.3 Å². The molecule has 0 spiro atoms. The third-order valence-corrected chi connectivity index (χ3v) is 2.82. The maximum atomic E-state index is 13.5. The van der Waals surface area contributed by atoms with Crippen LogP contribution in [0.3, 0.4) is 0 Å². The van der Waals surface area contributed by atoms with Crippen LogP contribution in [0.4, 0.5) is 14.9 Å². The van der Waals surface area contributed by atoms with Crippen molar-refractivity contribution >= 4 is 17.7 Å². The van der Waals surface area contributed by atoms with Gasteiger partial charge in [-0.05, 0) is 31.0 Å². The second-order valence-corrected chi connectivity index (χ2v) is 4.63. The normalized spacial score (nSPS) is 12.1. The molecule has 104 valence electrons. The van der Waals surface area contributed by atoms with Crippen LogP contribution < -0.4 is 10.6 Å². The predicted molar refractivity (Wildman–Crippen MR) is 69.8 cm³/mol. The Morgan fingerprint density at radius 2 is 1.89 bits per heavy atom. The fraction of sp³-hybridized carbons (Fsp3) is 0.385. The van der Waals surface area contributed by atoms with Crippen LogP contribution in [0.2, 0.25) is 0 Å². The molecule has 1 atom stereocenters. The van der Waals surface area contributed by atoms with E-state index < -0.39 is 17.8 Å². The van der Waals surface area contributed by atoms with E-state index in [9.17, 15) is 14.0 Å². The highest BCUT2D eigenvalue weighted by Gasteiger charge is 2.14. The maximum Gasteiger partial charge on any atom is 0.335 e. The summed E-state index contributed by atoms with van der Waals surface area (Å²) in [4.78, 5) is 22.4. The van der Waals surface area contributed by atoms with Crippen LogP contribution in [-0.2, 0) is 0 Å². The molecule has 0 aromatic heterocycles.